The molecule has 0 radical (unpaired) electrons. The van der Waals surface area contributed by atoms with Crippen LogP contribution in [-0.4, -0.2) is 29.9 Å². The van der Waals surface area contributed by atoms with Crippen molar-refractivity contribution in [2.24, 2.45) is 0 Å². The van der Waals surface area contributed by atoms with Gasteiger partial charge in [-0.05, 0) is 44.0 Å². The molecule has 116 valence electrons. The molecule has 1 aliphatic rings. The molecule has 22 heavy (non-hydrogen) atoms. The van der Waals surface area contributed by atoms with Gasteiger partial charge >= 0.3 is 0 Å². The predicted molar refractivity (Wildman–Crippen MR) is 85.7 cm³/mol. The lowest BCUT2D eigenvalue weighted by Gasteiger charge is -2.33. The van der Waals surface area contributed by atoms with Crippen molar-refractivity contribution in [3.63, 3.8) is 0 Å². The lowest BCUT2D eigenvalue weighted by Crippen LogP contribution is -2.47. The highest BCUT2D eigenvalue weighted by molar-refractivity contribution is 5.94. The number of nitrogens with zero attached hydrogens (tertiary/aromatic N) is 1. The maximum absolute atomic E-state index is 12.5. The van der Waals surface area contributed by atoms with Crippen LogP contribution in [0.3, 0.4) is 0 Å². The van der Waals surface area contributed by atoms with E-state index in [-0.39, 0.29) is 5.91 Å². The molecule has 1 aromatic carbocycles. The Morgan fingerprint density at radius 1 is 1.27 bits per heavy atom. The average Bonchev–Trinajstić information content (AvgIpc) is 2.99. The van der Waals surface area contributed by atoms with Crippen molar-refractivity contribution in [1.29, 1.82) is 0 Å². The Kier molecular flexibility index (Phi) is 4.59. The third kappa shape index (κ3) is 3.57. The Morgan fingerprint density at radius 2 is 2.09 bits per heavy atom. The van der Waals surface area contributed by atoms with E-state index in [2.05, 4.69) is 5.32 Å². The molecular weight excluding hydrogens is 276 g/mol. The number of furan rings is 1. The van der Waals surface area contributed by atoms with E-state index in [1.807, 2.05) is 54.3 Å². The van der Waals surface area contributed by atoms with Crippen molar-refractivity contribution < 1.29 is 9.21 Å². The topological polar surface area (TPSA) is 45.5 Å². The standard InChI is InChI=1S/C18H22N2O2/c1-14-9-10-17(22-14)12-19-16-8-5-11-20(13-16)18(21)15-6-3-2-4-7-15/h2-4,6-7,9-10,16,19H,5,8,11-13H2,1H3/t16-/m0/s1. The highest BCUT2D eigenvalue weighted by Crippen LogP contribution is 2.15. The van der Waals surface area contributed by atoms with Crippen molar-refractivity contribution in [3.8, 4) is 0 Å². The fourth-order valence-electron chi connectivity index (χ4n) is 2.92. The number of aryl methyl sites for hydroxylation is 1. The summed E-state index contributed by atoms with van der Waals surface area (Å²) in [5.74, 6) is 2.01. The molecule has 1 fully saturated rings. The van der Waals surface area contributed by atoms with Gasteiger partial charge in [0.1, 0.15) is 11.5 Å². The van der Waals surface area contributed by atoms with Crippen molar-refractivity contribution in [2.45, 2.75) is 32.4 Å². The van der Waals surface area contributed by atoms with Crippen LogP contribution in [0.4, 0.5) is 0 Å². The first-order chi connectivity index (χ1) is 10.7. The zero-order chi connectivity index (χ0) is 15.4. The molecule has 1 atom stereocenters. The second-order valence-electron chi connectivity index (χ2n) is 5.85. The molecule has 0 unspecified atom stereocenters. The Balaban J connectivity index is 1.56. The summed E-state index contributed by atoms with van der Waals surface area (Å²) in [4.78, 5) is 14.5. The Labute approximate surface area is 131 Å². The third-order valence-corrected chi connectivity index (χ3v) is 4.09. The number of carbonyl (C=O) groups excluding carboxylic acids is 1. The summed E-state index contributed by atoms with van der Waals surface area (Å²) >= 11 is 0. The van der Waals surface area contributed by atoms with Gasteiger partial charge in [0.05, 0.1) is 6.54 Å². The van der Waals surface area contributed by atoms with E-state index >= 15 is 0 Å². The monoisotopic (exact) mass is 298 g/mol. The second-order valence-corrected chi connectivity index (χ2v) is 5.85. The molecule has 1 amide bonds. The summed E-state index contributed by atoms with van der Waals surface area (Å²) < 4.78 is 5.58. The number of likely N-dealkylation sites (tertiary alicyclic amines) is 1. The number of hydrogen-bond acceptors (Lipinski definition) is 3. The number of nitrogens with one attached hydrogen (secondary N) is 1. The van der Waals surface area contributed by atoms with Crippen LogP contribution < -0.4 is 5.32 Å². The molecule has 1 saturated heterocycles. The number of benzene rings is 1. The first-order valence-electron chi connectivity index (χ1n) is 7.85. The lowest BCUT2D eigenvalue weighted by atomic mass is 10.0. The molecule has 0 saturated carbocycles. The molecule has 0 spiro atoms. The molecule has 0 aliphatic carbocycles. The molecule has 2 heterocycles. The Morgan fingerprint density at radius 3 is 2.82 bits per heavy atom. The molecule has 1 aromatic heterocycles. The minimum absolute atomic E-state index is 0.126. The van der Waals surface area contributed by atoms with E-state index < -0.39 is 0 Å². The molecule has 4 heteroatoms. The van der Waals surface area contributed by atoms with Crippen LogP contribution >= 0.6 is 0 Å². The number of hydrogen-bond donors (Lipinski definition) is 1. The van der Waals surface area contributed by atoms with Crippen LogP contribution in [0.25, 0.3) is 0 Å². The third-order valence-electron chi connectivity index (χ3n) is 4.09. The minimum Gasteiger partial charge on any atom is -0.465 e. The summed E-state index contributed by atoms with van der Waals surface area (Å²) in [6.45, 7) is 4.26. The largest absolute Gasteiger partial charge is 0.465 e. The van der Waals surface area contributed by atoms with Crippen molar-refractivity contribution in [2.75, 3.05) is 13.1 Å². The molecule has 3 rings (SSSR count). The number of amides is 1. The van der Waals surface area contributed by atoms with Crippen LogP contribution in [0.1, 0.15) is 34.7 Å². The number of carbonyl (C=O) groups is 1. The van der Waals surface area contributed by atoms with E-state index in [0.717, 1.165) is 43.0 Å². The van der Waals surface area contributed by atoms with Crippen molar-refractivity contribution in [1.82, 2.24) is 10.2 Å². The van der Waals surface area contributed by atoms with Gasteiger partial charge in [0, 0.05) is 24.7 Å². The maximum atomic E-state index is 12.5. The van der Waals surface area contributed by atoms with Gasteiger partial charge in [0.15, 0.2) is 0 Å². The lowest BCUT2D eigenvalue weighted by molar-refractivity contribution is 0.0693. The summed E-state index contributed by atoms with van der Waals surface area (Å²) in [5.41, 5.74) is 0.768. The molecule has 0 bridgehead atoms. The normalized spacial score (nSPS) is 18.4. The highest BCUT2D eigenvalue weighted by Gasteiger charge is 2.24. The van der Waals surface area contributed by atoms with Gasteiger partial charge in [-0.2, -0.15) is 0 Å². The molecule has 4 nitrogen and oxygen atoms in total. The van der Waals surface area contributed by atoms with Crippen LogP contribution in [0.2, 0.25) is 0 Å². The van der Waals surface area contributed by atoms with E-state index in [1.54, 1.807) is 0 Å². The summed E-state index contributed by atoms with van der Waals surface area (Å²) in [5, 5.41) is 3.50. The van der Waals surface area contributed by atoms with Gasteiger partial charge in [-0.1, -0.05) is 18.2 Å². The van der Waals surface area contributed by atoms with Crippen LogP contribution in [0, 0.1) is 6.92 Å². The first-order valence-corrected chi connectivity index (χ1v) is 7.85. The zero-order valence-electron chi connectivity index (χ0n) is 12.9. The van der Waals surface area contributed by atoms with Crippen LogP contribution in [-0.2, 0) is 6.54 Å². The minimum atomic E-state index is 0.126. The zero-order valence-corrected chi connectivity index (χ0v) is 12.9. The fourth-order valence-corrected chi connectivity index (χ4v) is 2.92. The van der Waals surface area contributed by atoms with Gasteiger partial charge in [-0.25, -0.2) is 0 Å². The van der Waals surface area contributed by atoms with Gasteiger partial charge in [-0.15, -0.1) is 0 Å². The van der Waals surface area contributed by atoms with Crippen molar-refractivity contribution >= 4 is 5.91 Å². The van der Waals surface area contributed by atoms with Gasteiger partial charge in [0.2, 0.25) is 0 Å². The molecule has 1 N–H and O–H groups in total. The van der Waals surface area contributed by atoms with E-state index in [1.165, 1.54) is 0 Å². The summed E-state index contributed by atoms with van der Waals surface area (Å²) in [6, 6.07) is 13.8. The van der Waals surface area contributed by atoms with E-state index in [4.69, 9.17) is 4.42 Å². The predicted octanol–water partition coefficient (Wildman–Crippen LogP) is 2.98. The van der Waals surface area contributed by atoms with Crippen LogP contribution in [0.5, 0.6) is 0 Å². The number of rotatable bonds is 4. The first kappa shape index (κ1) is 14.9. The summed E-state index contributed by atoms with van der Waals surface area (Å²) in [7, 11) is 0. The highest BCUT2D eigenvalue weighted by atomic mass is 16.3. The van der Waals surface area contributed by atoms with Gasteiger partial charge in [-0.3, -0.25) is 4.79 Å². The Bertz CT molecular complexity index is 621. The van der Waals surface area contributed by atoms with Crippen molar-refractivity contribution in [3.05, 3.63) is 59.5 Å². The summed E-state index contributed by atoms with van der Waals surface area (Å²) in [6.07, 6.45) is 2.13. The molecular formula is C18H22N2O2. The fraction of sp³-hybridized carbons (Fsp3) is 0.389. The SMILES string of the molecule is Cc1ccc(CN[C@H]2CCCN(C(=O)c3ccccc3)C2)o1. The smallest absolute Gasteiger partial charge is 0.253 e. The second kappa shape index (κ2) is 6.79. The molecule has 1 aliphatic heterocycles. The number of piperidine rings is 1. The molecule has 2 aromatic rings. The van der Waals surface area contributed by atoms with E-state index in [0.29, 0.717) is 12.6 Å². The average molecular weight is 298 g/mol. The maximum Gasteiger partial charge on any atom is 0.253 e. The Hall–Kier alpha value is -2.07. The quantitative estimate of drug-likeness (QED) is 0.944. The van der Waals surface area contributed by atoms with Crippen LogP contribution in [0.15, 0.2) is 46.9 Å². The van der Waals surface area contributed by atoms with Gasteiger partial charge < -0.3 is 14.6 Å². The van der Waals surface area contributed by atoms with E-state index in [9.17, 15) is 4.79 Å². The van der Waals surface area contributed by atoms with Gasteiger partial charge in [0.25, 0.3) is 5.91 Å².